The number of para-hydroxylation sites is 1. The molecule has 5 nitrogen and oxygen atoms in total. The van der Waals surface area contributed by atoms with Gasteiger partial charge in [-0.15, -0.1) is 0 Å². The van der Waals surface area contributed by atoms with E-state index in [2.05, 4.69) is 42.3 Å². The van der Waals surface area contributed by atoms with Crippen LogP contribution < -0.4 is 5.32 Å². The van der Waals surface area contributed by atoms with Gasteiger partial charge >= 0.3 is 0 Å². The number of fused-ring (bicyclic) bond motifs is 4. The number of H-pyrrole nitrogens is 1. The smallest absolute Gasteiger partial charge is 0.255 e. The molecule has 0 saturated carbocycles. The second-order valence-corrected chi connectivity index (χ2v) is 8.94. The van der Waals surface area contributed by atoms with Crippen LogP contribution in [0, 0.1) is 5.92 Å². The van der Waals surface area contributed by atoms with Crippen molar-refractivity contribution in [3.63, 3.8) is 0 Å². The van der Waals surface area contributed by atoms with Gasteiger partial charge in [-0.2, -0.15) is 0 Å². The van der Waals surface area contributed by atoms with Crippen molar-refractivity contribution in [1.82, 2.24) is 15.2 Å². The molecule has 2 aliphatic rings. The van der Waals surface area contributed by atoms with Crippen molar-refractivity contribution in [3.05, 3.63) is 70.9 Å². The maximum Gasteiger partial charge on any atom is 0.255 e. The van der Waals surface area contributed by atoms with Crippen LogP contribution in [0.2, 0.25) is 0 Å². The van der Waals surface area contributed by atoms with E-state index in [0.717, 1.165) is 48.0 Å². The van der Waals surface area contributed by atoms with Crippen LogP contribution in [0.4, 0.5) is 0 Å². The van der Waals surface area contributed by atoms with Crippen molar-refractivity contribution in [3.8, 4) is 0 Å². The molecule has 1 aliphatic heterocycles. The number of benzene rings is 2. The lowest BCUT2D eigenvalue weighted by Gasteiger charge is -2.33. The third-order valence-electron chi connectivity index (χ3n) is 7.07. The Kier molecular flexibility index (Phi) is 5.05. The van der Waals surface area contributed by atoms with Crippen LogP contribution in [0.1, 0.15) is 66.3 Å². The SMILES string of the molecule is CC[C@H](C)[C@@H](C(=O)N[C@@H]1CCCc2c1[nH]c1ccccc21)N1Cc2ccccc2C1=O. The van der Waals surface area contributed by atoms with E-state index in [1.165, 1.54) is 10.9 Å². The van der Waals surface area contributed by atoms with Gasteiger partial charge in [-0.05, 0) is 48.4 Å². The van der Waals surface area contributed by atoms with E-state index in [-0.39, 0.29) is 23.8 Å². The molecule has 0 bridgehead atoms. The molecular formula is C26H29N3O2. The summed E-state index contributed by atoms with van der Waals surface area (Å²) in [5.41, 5.74) is 5.29. The molecule has 5 heteroatoms. The molecule has 3 aromatic rings. The van der Waals surface area contributed by atoms with Crippen LogP contribution in [0.3, 0.4) is 0 Å². The van der Waals surface area contributed by atoms with Crippen molar-refractivity contribution in [2.75, 3.05) is 0 Å². The van der Waals surface area contributed by atoms with E-state index in [9.17, 15) is 9.59 Å². The summed E-state index contributed by atoms with van der Waals surface area (Å²) in [6, 6.07) is 15.5. The Morgan fingerprint density at radius 3 is 2.77 bits per heavy atom. The van der Waals surface area contributed by atoms with E-state index in [1.54, 1.807) is 4.90 Å². The molecule has 2 aromatic carbocycles. The lowest BCUT2D eigenvalue weighted by Crippen LogP contribution is -2.51. The van der Waals surface area contributed by atoms with Crippen molar-refractivity contribution in [2.45, 2.75) is 58.2 Å². The highest BCUT2D eigenvalue weighted by Gasteiger charge is 2.39. The number of carbonyl (C=O) groups is 2. The number of aryl methyl sites for hydroxylation is 1. The molecule has 0 spiro atoms. The van der Waals surface area contributed by atoms with Crippen LogP contribution in [0.25, 0.3) is 10.9 Å². The number of amides is 2. The summed E-state index contributed by atoms with van der Waals surface area (Å²) in [5, 5.41) is 4.56. The summed E-state index contributed by atoms with van der Waals surface area (Å²) in [6.45, 7) is 4.64. The van der Waals surface area contributed by atoms with E-state index >= 15 is 0 Å². The third kappa shape index (κ3) is 3.32. The number of carbonyl (C=O) groups excluding carboxylic acids is 2. The minimum absolute atomic E-state index is 0.0361. The maximum atomic E-state index is 13.6. The number of rotatable bonds is 5. The summed E-state index contributed by atoms with van der Waals surface area (Å²) in [4.78, 5) is 32.0. The van der Waals surface area contributed by atoms with Gasteiger partial charge in [0.05, 0.1) is 6.04 Å². The second-order valence-electron chi connectivity index (χ2n) is 8.94. The quantitative estimate of drug-likeness (QED) is 0.633. The predicted octanol–water partition coefficient (Wildman–Crippen LogP) is 4.73. The highest BCUT2D eigenvalue weighted by molar-refractivity contribution is 6.01. The van der Waals surface area contributed by atoms with Crippen LogP contribution >= 0.6 is 0 Å². The van der Waals surface area contributed by atoms with Crippen LogP contribution in [0.15, 0.2) is 48.5 Å². The third-order valence-corrected chi connectivity index (χ3v) is 7.07. The molecule has 2 amide bonds. The standard InChI is InChI=1S/C26H29N3O2/c1-3-16(2)24(29-15-17-9-4-5-10-18(17)26(29)31)25(30)28-22-14-8-12-20-19-11-6-7-13-21(19)27-23(20)22/h4-7,9-11,13,16,22,24,27H,3,8,12,14-15H2,1-2H3,(H,28,30)/t16-,22+,24-/m0/s1. The summed E-state index contributed by atoms with van der Waals surface area (Å²) >= 11 is 0. The van der Waals surface area contributed by atoms with Crippen LogP contribution in [-0.4, -0.2) is 27.7 Å². The minimum atomic E-state index is -0.473. The predicted molar refractivity (Wildman–Crippen MR) is 122 cm³/mol. The topological polar surface area (TPSA) is 65.2 Å². The molecule has 2 N–H and O–H groups in total. The summed E-state index contributed by atoms with van der Waals surface area (Å²) in [6.07, 6.45) is 3.82. The van der Waals surface area contributed by atoms with Gasteiger partial charge in [0, 0.05) is 28.7 Å². The largest absolute Gasteiger partial charge is 0.356 e. The zero-order valence-electron chi connectivity index (χ0n) is 18.2. The van der Waals surface area contributed by atoms with Gasteiger partial charge < -0.3 is 15.2 Å². The molecule has 0 saturated heterocycles. The number of hydrogen-bond acceptors (Lipinski definition) is 2. The van der Waals surface area contributed by atoms with Gasteiger partial charge in [0.1, 0.15) is 6.04 Å². The zero-order chi connectivity index (χ0) is 21.5. The number of nitrogens with one attached hydrogen (secondary N) is 2. The van der Waals surface area contributed by atoms with Crippen molar-refractivity contribution in [2.24, 2.45) is 5.92 Å². The van der Waals surface area contributed by atoms with E-state index in [4.69, 9.17) is 0 Å². The van der Waals surface area contributed by atoms with Crippen LogP contribution in [0.5, 0.6) is 0 Å². The van der Waals surface area contributed by atoms with Crippen molar-refractivity contribution < 1.29 is 9.59 Å². The Bertz CT molecular complexity index is 1150. The highest BCUT2D eigenvalue weighted by atomic mass is 16.2. The first kappa shape index (κ1) is 19.9. The number of aromatic nitrogens is 1. The van der Waals surface area contributed by atoms with Crippen molar-refractivity contribution in [1.29, 1.82) is 0 Å². The number of nitrogens with zero attached hydrogens (tertiary/aromatic N) is 1. The average Bonchev–Trinajstić information content (AvgIpc) is 3.33. The zero-order valence-corrected chi connectivity index (χ0v) is 18.2. The van der Waals surface area contributed by atoms with Gasteiger partial charge in [0.15, 0.2) is 0 Å². The normalized spacial score (nSPS) is 19.7. The molecular weight excluding hydrogens is 386 g/mol. The fourth-order valence-corrected chi connectivity index (χ4v) is 5.25. The van der Waals surface area contributed by atoms with Gasteiger partial charge in [-0.3, -0.25) is 9.59 Å². The fourth-order valence-electron chi connectivity index (χ4n) is 5.25. The Morgan fingerprint density at radius 1 is 1.19 bits per heavy atom. The molecule has 1 aromatic heterocycles. The van der Waals surface area contributed by atoms with E-state index in [0.29, 0.717) is 6.54 Å². The van der Waals surface area contributed by atoms with Crippen LogP contribution in [-0.2, 0) is 17.8 Å². The van der Waals surface area contributed by atoms with E-state index in [1.807, 2.05) is 30.3 Å². The number of hydrogen-bond donors (Lipinski definition) is 2. The fraction of sp³-hybridized carbons (Fsp3) is 0.385. The monoisotopic (exact) mass is 415 g/mol. The first-order valence-electron chi connectivity index (χ1n) is 11.4. The number of aromatic amines is 1. The summed E-state index contributed by atoms with van der Waals surface area (Å²) in [7, 11) is 0. The van der Waals surface area contributed by atoms with Gasteiger partial charge in [0.2, 0.25) is 5.91 Å². The molecule has 0 unspecified atom stereocenters. The lowest BCUT2D eigenvalue weighted by atomic mass is 9.90. The second kappa shape index (κ2) is 7.88. The molecule has 5 rings (SSSR count). The van der Waals surface area contributed by atoms with Gasteiger partial charge in [-0.1, -0.05) is 56.7 Å². The first-order chi connectivity index (χ1) is 15.1. The lowest BCUT2D eigenvalue weighted by molar-refractivity contribution is -0.128. The average molecular weight is 416 g/mol. The minimum Gasteiger partial charge on any atom is -0.356 e. The highest BCUT2D eigenvalue weighted by Crippen LogP contribution is 2.35. The van der Waals surface area contributed by atoms with Crippen molar-refractivity contribution >= 4 is 22.7 Å². The Balaban J connectivity index is 1.43. The Morgan fingerprint density at radius 2 is 1.97 bits per heavy atom. The molecule has 2 heterocycles. The molecule has 160 valence electrons. The Hall–Kier alpha value is -3.08. The molecule has 1 aliphatic carbocycles. The van der Waals surface area contributed by atoms with Gasteiger partial charge in [0.25, 0.3) is 5.91 Å². The molecule has 31 heavy (non-hydrogen) atoms. The Labute approximate surface area is 182 Å². The molecule has 0 fully saturated rings. The summed E-state index contributed by atoms with van der Waals surface area (Å²) < 4.78 is 0. The molecule has 3 atom stereocenters. The maximum absolute atomic E-state index is 13.6. The van der Waals surface area contributed by atoms with E-state index < -0.39 is 6.04 Å². The first-order valence-corrected chi connectivity index (χ1v) is 11.4. The summed E-state index contributed by atoms with van der Waals surface area (Å²) in [5.74, 6) is -0.0120. The van der Waals surface area contributed by atoms with Gasteiger partial charge in [-0.25, -0.2) is 0 Å². The molecule has 0 radical (unpaired) electrons.